The van der Waals surface area contributed by atoms with Crippen molar-refractivity contribution in [3.63, 3.8) is 0 Å². The van der Waals surface area contributed by atoms with E-state index in [9.17, 15) is 9.59 Å². The van der Waals surface area contributed by atoms with Gasteiger partial charge in [-0.25, -0.2) is 0 Å². The number of hydrogen-bond donors (Lipinski definition) is 1. The van der Waals surface area contributed by atoms with Crippen LogP contribution in [0, 0.1) is 0 Å². The van der Waals surface area contributed by atoms with E-state index in [1.165, 1.54) is 5.56 Å². The highest BCUT2D eigenvalue weighted by Crippen LogP contribution is 2.17. The van der Waals surface area contributed by atoms with E-state index in [2.05, 4.69) is 12.2 Å². The molecule has 0 fully saturated rings. The second-order valence-electron chi connectivity index (χ2n) is 7.13. The van der Waals surface area contributed by atoms with Crippen LogP contribution in [0.15, 0.2) is 48.5 Å². The summed E-state index contributed by atoms with van der Waals surface area (Å²) in [6.07, 6.45) is 1.77. The van der Waals surface area contributed by atoms with Gasteiger partial charge in [-0.05, 0) is 55.2 Å². The van der Waals surface area contributed by atoms with Gasteiger partial charge in [-0.2, -0.15) is 0 Å². The standard InChI is InChI=1S/C24H32N2O4/c1-5-14-25-24(28)18(3)26(16-20-8-7-9-22(15-20)29-4)23(27)17-30-21-12-10-19(6-2)11-13-21/h7-13,15,18H,5-6,14,16-17H2,1-4H3,(H,25,28). The number of methoxy groups -OCH3 is 1. The summed E-state index contributed by atoms with van der Waals surface area (Å²) in [6, 6.07) is 14.5. The maximum atomic E-state index is 13.0. The number of carbonyl (C=O) groups excluding carboxylic acids is 2. The first-order chi connectivity index (χ1) is 14.5. The Labute approximate surface area is 179 Å². The van der Waals surface area contributed by atoms with E-state index in [4.69, 9.17) is 9.47 Å². The van der Waals surface area contributed by atoms with Gasteiger partial charge in [0.2, 0.25) is 5.91 Å². The molecule has 0 aliphatic heterocycles. The van der Waals surface area contributed by atoms with Crippen molar-refractivity contribution in [1.82, 2.24) is 10.2 Å². The summed E-state index contributed by atoms with van der Waals surface area (Å²) in [6.45, 7) is 6.53. The molecule has 6 nitrogen and oxygen atoms in total. The number of nitrogens with one attached hydrogen (secondary N) is 1. The molecule has 6 heteroatoms. The second-order valence-corrected chi connectivity index (χ2v) is 7.13. The van der Waals surface area contributed by atoms with Crippen LogP contribution in [0.4, 0.5) is 0 Å². The third kappa shape index (κ3) is 6.79. The Morgan fingerprint density at radius 3 is 2.40 bits per heavy atom. The van der Waals surface area contributed by atoms with Crippen molar-refractivity contribution in [3.8, 4) is 11.5 Å². The van der Waals surface area contributed by atoms with E-state index in [1.54, 1.807) is 18.9 Å². The van der Waals surface area contributed by atoms with E-state index in [0.29, 0.717) is 18.0 Å². The van der Waals surface area contributed by atoms with Gasteiger partial charge in [0.1, 0.15) is 17.5 Å². The summed E-state index contributed by atoms with van der Waals surface area (Å²) in [5, 5.41) is 2.86. The molecule has 0 bridgehead atoms. The first kappa shape index (κ1) is 23.3. The van der Waals surface area contributed by atoms with Crippen LogP contribution in [0.5, 0.6) is 11.5 Å². The van der Waals surface area contributed by atoms with Crippen LogP contribution in [0.25, 0.3) is 0 Å². The zero-order valence-electron chi connectivity index (χ0n) is 18.3. The first-order valence-corrected chi connectivity index (χ1v) is 10.4. The molecule has 2 rings (SSSR count). The fourth-order valence-electron chi connectivity index (χ4n) is 3.00. The van der Waals surface area contributed by atoms with Crippen molar-refractivity contribution in [2.24, 2.45) is 0 Å². The molecular formula is C24H32N2O4. The highest BCUT2D eigenvalue weighted by molar-refractivity contribution is 5.87. The molecule has 162 valence electrons. The number of nitrogens with zero attached hydrogens (tertiary/aromatic N) is 1. The molecule has 0 saturated heterocycles. The summed E-state index contributed by atoms with van der Waals surface area (Å²) < 4.78 is 11.0. The van der Waals surface area contributed by atoms with Crippen molar-refractivity contribution in [2.45, 2.75) is 46.2 Å². The van der Waals surface area contributed by atoms with Gasteiger partial charge in [0.15, 0.2) is 6.61 Å². The lowest BCUT2D eigenvalue weighted by atomic mass is 10.1. The molecule has 2 aromatic carbocycles. The molecule has 2 aromatic rings. The predicted octanol–water partition coefficient (Wildman–Crippen LogP) is 3.58. The van der Waals surface area contributed by atoms with Gasteiger partial charge in [-0.15, -0.1) is 0 Å². The highest BCUT2D eigenvalue weighted by atomic mass is 16.5. The van der Waals surface area contributed by atoms with Crippen LogP contribution in [0.2, 0.25) is 0 Å². The van der Waals surface area contributed by atoms with Crippen molar-refractivity contribution in [1.29, 1.82) is 0 Å². The number of benzene rings is 2. The molecule has 2 amide bonds. The predicted molar refractivity (Wildman–Crippen MR) is 118 cm³/mol. The molecule has 0 heterocycles. The maximum Gasteiger partial charge on any atom is 0.261 e. The number of aryl methyl sites for hydroxylation is 1. The topological polar surface area (TPSA) is 67.9 Å². The minimum Gasteiger partial charge on any atom is -0.497 e. The zero-order chi connectivity index (χ0) is 21.9. The summed E-state index contributed by atoms with van der Waals surface area (Å²) >= 11 is 0. The SMILES string of the molecule is CCCNC(=O)C(C)N(Cc1cccc(OC)c1)C(=O)COc1ccc(CC)cc1. The fraction of sp³-hybridized carbons (Fsp3) is 0.417. The van der Waals surface area contributed by atoms with Gasteiger partial charge in [-0.3, -0.25) is 9.59 Å². The van der Waals surface area contributed by atoms with Crippen LogP contribution in [-0.4, -0.2) is 43.0 Å². The molecule has 0 aliphatic carbocycles. The Morgan fingerprint density at radius 2 is 1.77 bits per heavy atom. The lowest BCUT2D eigenvalue weighted by molar-refractivity contribution is -0.142. The Kier molecular flexibility index (Phi) is 9.19. The van der Waals surface area contributed by atoms with Gasteiger partial charge in [0.25, 0.3) is 5.91 Å². The third-order valence-electron chi connectivity index (χ3n) is 4.90. The average Bonchev–Trinajstić information content (AvgIpc) is 2.79. The van der Waals surface area contributed by atoms with Gasteiger partial charge in [0.05, 0.1) is 7.11 Å². The second kappa shape index (κ2) is 11.9. The fourth-order valence-corrected chi connectivity index (χ4v) is 3.00. The molecule has 0 saturated carbocycles. The summed E-state index contributed by atoms with van der Waals surface area (Å²) in [5.41, 5.74) is 2.08. The molecule has 0 aliphatic rings. The monoisotopic (exact) mass is 412 g/mol. The van der Waals surface area contributed by atoms with Crippen LogP contribution < -0.4 is 14.8 Å². The molecule has 0 spiro atoms. The lowest BCUT2D eigenvalue weighted by Crippen LogP contribution is -2.49. The maximum absolute atomic E-state index is 13.0. The van der Waals surface area contributed by atoms with Crippen LogP contribution in [0.3, 0.4) is 0 Å². The van der Waals surface area contributed by atoms with Gasteiger partial charge >= 0.3 is 0 Å². The number of rotatable bonds is 11. The molecule has 0 radical (unpaired) electrons. The zero-order valence-corrected chi connectivity index (χ0v) is 18.3. The first-order valence-electron chi connectivity index (χ1n) is 10.4. The Hall–Kier alpha value is -3.02. The van der Waals surface area contributed by atoms with Crippen LogP contribution in [0.1, 0.15) is 38.3 Å². The average molecular weight is 413 g/mol. The summed E-state index contributed by atoms with van der Waals surface area (Å²) in [5.74, 6) is 0.900. The van der Waals surface area contributed by atoms with Gasteiger partial charge in [-0.1, -0.05) is 38.1 Å². The highest BCUT2D eigenvalue weighted by Gasteiger charge is 2.26. The van der Waals surface area contributed by atoms with Crippen molar-refractivity contribution >= 4 is 11.8 Å². The van der Waals surface area contributed by atoms with Crippen LogP contribution in [-0.2, 0) is 22.6 Å². The van der Waals surface area contributed by atoms with Gasteiger partial charge < -0.3 is 19.7 Å². The molecule has 1 unspecified atom stereocenters. The molecule has 30 heavy (non-hydrogen) atoms. The van der Waals surface area contributed by atoms with E-state index in [1.807, 2.05) is 55.5 Å². The molecule has 1 N–H and O–H groups in total. The van der Waals surface area contributed by atoms with Crippen molar-refractivity contribution < 1.29 is 19.1 Å². The normalized spacial score (nSPS) is 11.5. The third-order valence-corrected chi connectivity index (χ3v) is 4.90. The van der Waals surface area contributed by atoms with Crippen LogP contribution >= 0.6 is 0 Å². The minimum atomic E-state index is -0.624. The number of amides is 2. The van der Waals surface area contributed by atoms with Crippen molar-refractivity contribution in [3.05, 3.63) is 59.7 Å². The smallest absolute Gasteiger partial charge is 0.261 e. The summed E-state index contributed by atoms with van der Waals surface area (Å²) in [7, 11) is 1.60. The van der Waals surface area contributed by atoms with Crippen molar-refractivity contribution in [2.75, 3.05) is 20.3 Å². The molecule has 1 atom stereocenters. The van der Waals surface area contributed by atoms with E-state index < -0.39 is 6.04 Å². The number of ether oxygens (including phenoxy) is 2. The molecule has 0 aromatic heterocycles. The Morgan fingerprint density at radius 1 is 1.03 bits per heavy atom. The summed E-state index contributed by atoms with van der Waals surface area (Å²) in [4.78, 5) is 27.1. The Balaban J connectivity index is 2.13. The minimum absolute atomic E-state index is 0.138. The quantitative estimate of drug-likeness (QED) is 0.613. The number of hydrogen-bond acceptors (Lipinski definition) is 4. The lowest BCUT2D eigenvalue weighted by Gasteiger charge is -2.28. The largest absolute Gasteiger partial charge is 0.497 e. The number of carbonyl (C=O) groups is 2. The van der Waals surface area contributed by atoms with Gasteiger partial charge in [0, 0.05) is 13.1 Å². The van der Waals surface area contributed by atoms with E-state index in [-0.39, 0.29) is 25.0 Å². The van der Waals surface area contributed by atoms with E-state index >= 15 is 0 Å². The van der Waals surface area contributed by atoms with E-state index in [0.717, 1.165) is 18.4 Å². The Bertz CT molecular complexity index is 820. The molecular weight excluding hydrogens is 380 g/mol.